The number of likely N-dealkylation sites (tertiary alicyclic amines) is 1. The van der Waals surface area contributed by atoms with Crippen molar-refractivity contribution in [3.8, 4) is 0 Å². The summed E-state index contributed by atoms with van der Waals surface area (Å²) in [7, 11) is 1.55. The van der Waals surface area contributed by atoms with Crippen LogP contribution in [-0.2, 0) is 27.4 Å². The number of rotatable bonds is 3. The van der Waals surface area contributed by atoms with E-state index < -0.39 is 6.10 Å². The first-order valence-electron chi connectivity index (χ1n) is 7.65. The molecule has 1 aromatic rings. The average molecular weight is 307 g/mol. The molecule has 0 bridgehead atoms. The van der Waals surface area contributed by atoms with Crippen LogP contribution in [-0.4, -0.2) is 69.2 Å². The maximum Gasteiger partial charge on any atom is 0.252 e. The fraction of sp³-hybridized carbons (Fsp3) is 0.714. The van der Waals surface area contributed by atoms with Gasteiger partial charge in [-0.2, -0.15) is 5.10 Å². The van der Waals surface area contributed by atoms with Crippen molar-refractivity contribution >= 4 is 11.8 Å². The van der Waals surface area contributed by atoms with Crippen LogP contribution in [0.2, 0.25) is 0 Å². The number of amides is 2. The number of hydrogen-bond donors (Lipinski definition) is 0. The molecule has 1 aromatic heterocycles. The van der Waals surface area contributed by atoms with Crippen LogP contribution < -0.4 is 0 Å². The van der Waals surface area contributed by atoms with E-state index in [0.717, 1.165) is 25.1 Å². The predicted molar refractivity (Wildman–Crippen MR) is 76.7 cm³/mol. The van der Waals surface area contributed by atoms with Crippen molar-refractivity contribution in [1.29, 1.82) is 0 Å². The summed E-state index contributed by atoms with van der Waals surface area (Å²) in [6, 6.07) is 0. The summed E-state index contributed by atoms with van der Waals surface area (Å²) in [5, 5.41) is 4.10. The summed E-state index contributed by atoms with van der Waals surface area (Å²) < 4.78 is 7.05. The largest absolute Gasteiger partial charge is 0.372 e. The molecule has 1 unspecified atom stereocenters. The molecule has 2 aliphatic heterocycles. The van der Waals surface area contributed by atoms with Crippen molar-refractivity contribution in [3.05, 3.63) is 12.2 Å². The number of aromatic nitrogens is 3. The molecule has 0 saturated carbocycles. The Morgan fingerprint density at radius 1 is 1.36 bits per heavy atom. The van der Waals surface area contributed by atoms with Gasteiger partial charge in [-0.3, -0.25) is 9.59 Å². The summed E-state index contributed by atoms with van der Waals surface area (Å²) in [4.78, 5) is 32.4. The lowest BCUT2D eigenvalue weighted by Gasteiger charge is -2.30. The quantitative estimate of drug-likeness (QED) is 0.762. The van der Waals surface area contributed by atoms with E-state index in [-0.39, 0.29) is 18.4 Å². The van der Waals surface area contributed by atoms with Crippen LogP contribution in [0.5, 0.6) is 0 Å². The van der Waals surface area contributed by atoms with Gasteiger partial charge in [0.1, 0.15) is 18.3 Å². The lowest BCUT2D eigenvalue weighted by molar-refractivity contribution is -0.147. The molecule has 1 fully saturated rings. The molecule has 1 saturated heterocycles. The Morgan fingerprint density at radius 3 is 3.05 bits per heavy atom. The number of carbonyl (C=O) groups is 2. The highest BCUT2D eigenvalue weighted by atomic mass is 16.5. The third-order valence-electron chi connectivity index (χ3n) is 4.30. The van der Waals surface area contributed by atoms with Crippen LogP contribution >= 0.6 is 0 Å². The second-order valence-electron chi connectivity index (χ2n) is 5.69. The Bertz CT molecular complexity index is 558. The Labute approximate surface area is 129 Å². The first kappa shape index (κ1) is 15.0. The number of nitrogens with zero attached hydrogens (tertiary/aromatic N) is 5. The smallest absolute Gasteiger partial charge is 0.252 e. The second-order valence-corrected chi connectivity index (χ2v) is 5.69. The summed E-state index contributed by atoms with van der Waals surface area (Å²) in [6.45, 7) is 2.44. The maximum atomic E-state index is 12.5. The molecular weight excluding hydrogens is 286 g/mol. The van der Waals surface area contributed by atoms with Crippen molar-refractivity contribution in [2.75, 3.05) is 26.7 Å². The van der Waals surface area contributed by atoms with Crippen LogP contribution in [0.3, 0.4) is 0 Å². The fourth-order valence-electron chi connectivity index (χ4n) is 2.98. The van der Waals surface area contributed by atoms with Crippen LogP contribution in [0.25, 0.3) is 0 Å². The summed E-state index contributed by atoms with van der Waals surface area (Å²) in [5.41, 5.74) is 0. The minimum atomic E-state index is -0.417. The van der Waals surface area contributed by atoms with Gasteiger partial charge in [0.25, 0.3) is 5.91 Å². The van der Waals surface area contributed by atoms with E-state index in [2.05, 4.69) is 10.1 Å². The SMILES string of the molecule is COC1CCCCN(CC(=O)N2CCn3ncnc3C2)C1=O. The van der Waals surface area contributed by atoms with Gasteiger partial charge in [-0.05, 0) is 19.3 Å². The number of hydrogen-bond acceptors (Lipinski definition) is 5. The van der Waals surface area contributed by atoms with Gasteiger partial charge in [-0.25, -0.2) is 9.67 Å². The van der Waals surface area contributed by atoms with Gasteiger partial charge >= 0.3 is 0 Å². The summed E-state index contributed by atoms with van der Waals surface area (Å²) in [5.74, 6) is 0.671. The van der Waals surface area contributed by atoms with E-state index in [1.807, 2.05) is 4.68 Å². The molecule has 2 aliphatic rings. The van der Waals surface area contributed by atoms with Crippen LogP contribution in [0, 0.1) is 0 Å². The molecular formula is C14H21N5O3. The first-order valence-corrected chi connectivity index (χ1v) is 7.65. The standard InChI is InChI=1S/C14H21N5O3/c1-22-11-4-2-3-5-18(14(11)21)9-13(20)17-6-7-19-12(8-17)15-10-16-19/h10-11H,2-9H2,1H3. The van der Waals surface area contributed by atoms with Gasteiger partial charge in [-0.1, -0.05) is 0 Å². The van der Waals surface area contributed by atoms with E-state index in [4.69, 9.17) is 4.74 Å². The average Bonchev–Trinajstić information content (AvgIpc) is 2.93. The number of ether oxygens (including phenoxy) is 1. The lowest BCUT2D eigenvalue weighted by Crippen LogP contribution is -2.47. The molecule has 0 aromatic carbocycles. The molecule has 120 valence electrons. The van der Waals surface area contributed by atoms with Crippen molar-refractivity contribution in [2.24, 2.45) is 0 Å². The zero-order valence-electron chi connectivity index (χ0n) is 12.8. The maximum absolute atomic E-state index is 12.5. The topological polar surface area (TPSA) is 80.6 Å². The minimum absolute atomic E-state index is 0.0423. The van der Waals surface area contributed by atoms with Gasteiger partial charge in [0.15, 0.2) is 0 Å². The minimum Gasteiger partial charge on any atom is -0.372 e. The van der Waals surface area contributed by atoms with Gasteiger partial charge < -0.3 is 14.5 Å². The Kier molecular flexibility index (Phi) is 4.37. The molecule has 0 spiro atoms. The van der Waals surface area contributed by atoms with Crippen LogP contribution in [0.15, 0.2) is 6.33 Å². The van der Waals surface area contributed by atoms with Gasteiger partial charge in [0.05, 0.1) is 19.6 Å². The van der Waals surface area contributed by atoms with Crippen molar-refractivity contribution < 1.29 is 14.3 Å². The third-order valence-corrected chi connectivity index (χ3v) is 4.30. The van der Waals surface area contributed by atoms with Gasteiger partial charge in [0.2, 0.25) is 5.91 Å². The zero-order valence-corrected chi connectivity index (χ0v) is 12.8. The van der Waals surface area contributed by atoms with Crippen LogP contribution in [0.4, 0.5) is 0 Å². The van der Waals surface area contributed by atoms with Gasteiger partial charge in [-0.15, -0.1) is 0 Å². The fourth-order valence-corrected chi connectivity index (χ4v) is 2.98. The Balaban J connectivity index is 1.62. The molecule has 1 atom stereocenters. The molecule has 0 N–H and O–H groups in total. The highest BCUT2D eigenvalue weighted by Crippen LogP contribution is 2.15. The van der Waals surface area contributed by atoms with E-state index >= 15 is 0 Å². The Hall–Kier alpha value is -1.96. The monoisotopic (exact) mass is 307 g/mol. The Morgan fingerprint density at radius 2 is 2.23 bits per heavy atom. The van der Waals surface area contributed by atoms with Crippen LogP contribution in [0.1, 0.15) is 25.1 Å². The normalized spacial score (nSPS) is 22.4. The molecule has 8 nitrogen and oxygen atoms in total. The molecule has 2 amide bonds. The summed E-state index contributed by atoms with van der Waals surface area (Å²) in [6.07, 6.45) is 3.67. The van der Waals surface area contributed by atoms with Crippen molar-refractivity contribution in [3.63, 3.8) is 0 Å². The van der Waals surface area contributed by atoms with Crippen molar-refractivity contribution in [1.82, 2.24) is 24.6 Å². The first-order chi connectivity index (χ1) is 10.7. The summed E-state index contributed by atoms with van der Waals surface area (Å²) >= 11 is 0. The molecule has 3 rings (SSSR count). The predicted octanol–water partition coefficient (Wildman–Crippen LogP) is -0.352. The van der Waals surface area contributed by atoms with E-state index in [0.29, 0.717) is 26.2 Å². The number of carbonyl (C=O) groups excluding carboxylic acids is 2. The number of fused-ring (bicyclic) bond motifs is 1. The number of methoxy groups -OCH3 is 1. The van der Waals surface area contributed by atoms with Crippen molar-refractivity contribution in [2.45, 2.75) is 38.5 Å². The molecule has 0 radical (unpaired) electrons. The zero-order chi connectivity index (χ0) is 15.5. The highest BCUT2D eigenvalue weighted by Gasteiger charge is 2.30. The molecule has 8 heteroatoms. The molecule has 22 heavy (non-hydrogen) atoms. The molecule has 3 heterocycles. The molecule has 0 aliphatic carbocycles. The second kappa shape index (κ2) is 6.43. The highest BCUT2D eigenvalue weighted by molar-refractivity contribution is 5.87. The lowest BCUT2D eigenvalue weighted by atomic mass is 10.2. The van der Waals surface area contributed by atoms with E-state index in [9.17, 15) is 9.59 Å². The third kappa shape index (κ3) is 2.96. The van der Waals surface area contributed by atoms with Gasteiger partial charge in [0, 0.05) is 20.2 Å². The van der Waals surface area contributed by atoms with E-state index in [1.54, 1.807) is 16.9 Å². The van der Waals surface area contributed by atoms with E-state index in [1.165, 1.54) is 6.33 Å².